The van der Waals surface area contributed by atoms with E-state index in [0.717, 1.165) is 25.8 Å². The van der Waals surface area contributed by atoms with Gasteiger partial charge < -0.3 is 5.32 Å². The fourth-order valence-corrected chi connectivity index (χ4v) is 1.72. The molecule has 1 N–H and O–H groups in total. The van der Waals surface area contributed by atoms with Gasteiger partial charge >= 0.3 is 0 Å². The van der Waals surface area contributed by atoms with Crippen LogP contribution in [0.25, 0.3) is 0 Å². The first kappa shape index (κ1) is 13.0. The van der Waals surface area contributed by atoms with Crippen LogP contribution in [0.2, 0.25) is 0 Å². The number of hydrogen-bond acceptors (Lipinski definition) is 2. The second-order valence-corrected chi connectivity index (χ2v) is 4.45. The lowest BCUT2D eigenvalue weighted by Crippen LogP contribution is -2.21. The lowest BCUT2D eigenvalue weighted by atomic mass is 10.0. The molecule has 0 aliphatic rings. The highest BCUT2D eigenvalue weighted by Gasteiger charge is 2.11. The van der Waals surface area contributed by atoms with Gasteiger partial charge in [-0.15, -0.1) is 6.58 Å². The molecule has 0 saturated carbocycles. The van der Waals surface area contributed by atoms with Crippen LogP contribution in [0.4, 0.5) is 0 Å². The van der Waals surface area contributed by atoms with E-state index in [9.17, 15) is 0 Å². The van der Waals surface area contributed by atoms with Crippen molar-refractivity contribution in [3.63, 3.8) is 0 Å². The summed E-state index contributed by atoms with van der Waals surface area (Å²) in [6, 6.07) is 0.408. The van der Waals surface area contributed by atoms with Crippen LogP contribution in [-0.2, 0) is 7.05 Å². The Bertz CT molecular complexity index is 328. The number of rotatable bonds is 7. The molecule has 3 heteroatoms. The SMILES string of the molecule is C=C(C)CCC(NCCC)c1cnn(C)c1. The highest BCUT2D eigenvalue weighted by atomic mass is 15.2. The van der Waals surface area contributed by atoms with E-state index in [1.807, 2.05) is 17.9 Å². The second kappa shape index (κ2) is 6.48. The molecule has 3 nitrogen and oxygen atoms in total. The molecule has 1 heterocycles. The van der Waals surface area contributed by atoms with Crippen LogP contribution < -0.4 is 5.32 Å². The molecule has 0 spiro atoms. The van der Waals surface area contributed by atoms with Crippen molar-refractivity contribution in [2.24, 2.45) is 7.05 Å². The topological polar surface area (TPSA) is 29.9 Å². The molecule has 0 fully saturated rings. The Morgan fingerprint density at radius 3 is 2.88 bits per heavy atom. The normalized spacial score (nSPS) is 12.7. The van der Waals surface area contributed by atoms with E-state index in [1.54, 1.807) is 0 Å². The Morgan fingerprint density at radius 2 is 2.38 bits per heavy atom. The van der Waals surface area contributed by atoms with Gasteiger partial charge in [-0.2, -0.15) is 5.10 Å². The summed E-state index contributed by atoms with van der Waals surface area (Å²) in [5, 5.41) is 7.79. The van der Waals surface area contributed by atoms with E-state index < -0.39 is 0 Å². The van der Waals surface area contributed by atoms with Gasteiger partial charge in [0, 0.05) is 24.8 Å². The van der Waals surface area contributed by atoms with Crippen LogP contribution in [0, 0.1) is 0 Å². The predicted octanol–water partition coefficient (Wildman–Crippen LogP) is 2.82. The van der Waals surface area contributed by atoms with Gasteiger partial charge in [-0.05, 0) is 32.7 Å². The Morgan fingerprint density at radius 1 is 1.62 bits per heavy atom. The van der Waals surface area contributed by atoms with E-state index in [4.69, 9.17) is 0 Å². The fourth-order valence-electron chi connectivity index (χ4n) is 1.72. The average Bonchev–Trinajstić information content (AvgIpc) is 2.64. The molecule has 1 atom stereocenters. The zero-order valence-corrected chi connectivity index (χ0v) is 10.7. The van der Waals surface area contributed by atoms with Crippen LogP contribution in [0.1, 0.15) is 44.7 Å². The zero-order chi connectivity index (χ0) is 12.0. The van der Waals surface area contributed by atoms with E-state index in [-0.39, 0.29) is 0 Å². The van der Waals surface area contributed by atoms with Gasteiger partial charge in [-0.25, -0.2) is 0 Å². The summed E-state index contributed by atoms with van der Waals surface area (Å²) >= 11 is 0. The average molecular weight is 221 g/mol. The van der Waals surface area contributed by atoms with Gasteiger partial charge in [0.2, 0.25) is 0 Å². The minimum Gasteiger partial charge on any atom is -0.310 e. The van der Waals surface area contributed by atoms with Gasteiger partial charge in [-0.1, -0.05) is 12.5 Å². The summed E-state index contributed by atoms with van der Waals surface area (Å²) in [6.07, 6.45) is 7.36. The molecule has 0 aromatic carbocycles. The summed E-state index contributed by atoms with van der Waals surface area (Å²) < 4.78 is 1.86. The second-order valence-electron chi connectivity index (χ2n) is 4.45. The van der Waals surface area contributed by atoms with E-state index in [0.29, 0.717) is 6.04 Å². The maximum Gasteiger partial charge on any atom is 0.0537 e. The van der Waals surface area contributed by atoms with Crippen molar-refractivity contribution in [2.45, 2.75) is 39.2 Å². The van der Waals surface area contributed by atoms with Crippen LogP contribution in [-0.4, -0.2) is 16.3 Å². The van der Waals surface area contributed by atoms with Gasteiger partial charge in [0.15, 0.2) is 0 Å². The fraction of sp³-hybridized carbons (Fsp3) is 0.615. The molecule has 0 saturated heterocycles. The standard InChI is InChI=1S/C13H23N3/c1-5-8-14-13(7-6-11(2)3)12-9-15-16(4)10-12/h9-10,13-14H,2,5-8H2,1,3-4H3. The summed E-state index contributed by atoms with van der Waals surface area (Å²) in [5.41, 5.74) is 2.52. The lowest BCUT2D eigenvalue weighted by molar-refractivity contribution is 0.498. The zero-order valence-electron chi connectivity index (χ0n) is 10.7. The van der Waals surface area contributed by atoms with E-state index in [2.05, 4.69) is 37.0 Å². The first-order valence-electron chi connectivity index (χ1n) is 5.99. The number of allylic oxidation sites excluding steroid dienone is 1. The Labute approximate surface area is 98.5 Å². The lowest BCUT2D eigenvalue weighted by Gasteiger charge is -2.16. The number of aryl methyl sites for hydroxylation is 1. The summed E-state index contributed by atoms with van der Waals surface area (Å²) in [4.78, 5) is 0. The number of hydrogen-bond donors (Lipinski definition) is 1. The molecule has 1 aromatic rings. The summed E-state index contributed by atoms with van der Waals surface area (Å²) in [5.74, 6) is 0. The molecule has 1 unspecified atom stereocenters. The molecule has 0 amide bonds. The van der Waals surface area contributed by atoms with Crippen LogP contribution >= 0.6 is 0 Å². The largest absolute Gasteiger partial charge is 0.310 e. The Hall–Kier alpha value is -1.09. The van der Waals surface area contributed by atoms with Crippen LogP contribution in [0.3, 0.4) is 0 Å². The van der Waals surface area contributed by atoms with Crippen molar-refractivity contribution >= 4 is 0 Å². The number of nitrogens with zero attached hydrogens (tertiary/aromatic N) is 2. The van der Waals surface area contributed by atoms with Crippen molar-refractivity contribution in [3.8, 4) is 0 Å². The van der Waals surface area contributed by atoms with Crippen molar-refractivity contribution in [3.05, 3.63) is 30.1 Å². The van der Waals surface area contributed by atoms with Crippen LogP contribution in [0.15, 0.2) is 24.5 Å². The Kier molecular flexibility index (Phi) is 5.26. The third-order valence-electron chi connectivity index (χ3n) is 2.63. The van der Waals surface area contributed by atoms with Crippen molar-refractivity contribution < 1.29 is 0 Å². The minimum atomic E-state index is 0.408. The smallest absolute Gasteiger partial charge is 0.0537 e. The highest BCUT2D eigenvalue weighted by Crippen LogP contribution is 2.19. The van der Waals surface area contributed by atoms with Crippen molar-refractivity contribution in [2.75, 3.05) is 6.54 Å². The third-order valence-corrected chi connectivity index (χ3v) is 2.63. The first-order chi connectivity index (χ1) is 7.63. The van der Waals surface area contributed by atoms with Crippen molar-refractivity contribution in [1.29, 1.82) is 0 Å². The van der Waals surface area contributed by atoms with Gasteiger partial charge in [0.25, 0.3) is 0 Å². The molecular weight excluding hydrogens is 198 g/mol. The quantitative estimate of drug-likeness (QED) is 0.718. The number of nitrogens with one attached hydrogen (secondary N) is 1. The monoisotopic (exact) mass is 221 g/mol. The maximum absolute atomic E-state index is 4.23. The molecule has 90 valence electrons. The maximum atomic E-state index is 4.23. The molecule has 1 aromatic heterocycles. The highest BCUT2D eigenvalue weighted by molar-refractivity contribution is 5.11. The molecule has 0 bridgehead atoms. The molecule has 0 aliphatic heterocycles. The van der Waals surface area contributed by atoms with E-state index in [1.165, 1.54) is 11.1 Å². The number of aromatic nitrogens is 2. The first-order valence-corrected chi connectivity index (χ1v) is 5.99. The molecule has 0 radical (unpaired) electrons. The summed E-state index contributed by atoms with van der Waals surface area (Å²) in [6.45, 7) is 9.28. The summed E-state index contributed by atoms with van der Waals surface area (Å²) in [7, 11) is 1.96. The Balaban J connectivity index is 2.59. The predicted molar refractivity (Wildman–Crippen MR) is 68.3 cm³/mol. The molecular formula is C13H23N3. The van der Waals surface area contributed by atoms with E-state index >= 15 is 0 Å². The molecule has 1 rings (SSSR count). The van der Waals surface area contributed by atoms with Gasteiger partial charge in [-0.3, -0.25) is 4.68 Å². The van der Waals surface area contributed by atoms with Crippen molar-refractivity contribution in [1.82, 2.24) is 15.1 Å². The van der Waals surface area contributed by atoms with Gasteiger partial charge in [0.05, 0.1) is 6.20 Å². The molecule has 16 heavy (non-hydrogen) atoms. The van der Waals surface area contributed by atoms with Crippen LogP contribution in [0.5, 0.6) is 0 Å². The minimum absolute atomic E-state index is 0.408. The molecule has 0 aliphatic carbocycles. The third kappa shape index (κ3) is 4.19. The van der Waals surface area contributed by atoms with Gasteiger partial charge in [0.1, 0.15) is 0 Å².